The van der Waals surface area contributed by atoms with Crippen molar-refractivity contribution in [3.8, 4) is 6.07 Å². The summed E-state index contributed by atoms with van der Waals surface area (Å²) in [4.78, 5) is 10.7. The number of hydrogen-bond donors (Lipinski definition) is 1. The second-order valence-electron chi connectivity index (χ2n) is 6.74. The molecule has 1 N–H and O–H groups in total. The Morgan fingerprint density at radius 2 is 2.19 bits per heavy atom. The molecule has 1 aromatic carbocycles. The van der Waals surface area contributed by atoms with Gasteiger partial charge in [-0.15, -0.1) is 0 Å². The normalized spacial score (nSPS) is 24.1. The van der Waals surface area contributed by atoms with Crippen molar-refractivity contribution in [2.45, 2.75) is 46.1 Å². The Morgan fingerprint density at radius 3 is 2.76 bits per heavy atom. The summed E-state index contributed by atoms with van der Waals surface area (Å²) in [6.45, 7) is 6.72. The average Bonchev–Trinajstić information content (AvgIpc) is 2.41. The second-order valence-corrected chi connectivity index (χ2v) is 6.74. The predicted molar refractivity (Wildman–Crippen MR) is 82.0 cm³/mol. The number of nitriles is 1. The van der Waals surface area contributed by atoms with Crippen LogP contribution >= 0.6 is 0 Å². The SMILES string of the molecule is CC1CC(C)(C)CCC1Nc1ccc(C#N)cc1[N+](=O)[O-]. The van der Waals surface area contributed by atoms with Gasteiger partial charge < -0.3 is 5.32 Å². The Kier molecular flexibility index (Phi) is 4.17. The highest BCUT2D eigenvalue weighted by Crippen LogP contribution is 2.40. The lowest BCUT2D eigenvalue weighted by Gasteiger charge is -2.39. The van der Waals surface area contributed by atoms with Crippen molar-refractivity contribution in [1.29, 1.82) is 5.26 Å². The van der Waals surface area contributed by atoms with Crippen molar-refractivity contribution >= 4 is 11.4 Å². The van der Waals surface area contributed by atoms with Gasteiger partial charge in [0, 0.05) is 12.1 Å². The Balaban J connectivity index is 2.20. The molecule has 1 aromatic rings. The molecule has 1 aliphatic rings. The first-order chi connectivity index (χ1) is 9.82. The van der Waals surface area contributed by atoms with Crippen molar-refractivity contribution < 1.29 is 4.92 Å². The van der Waals surface area contributed by atoms with Gasteiger partial charge in [-0.2, -0.15) is 5.26 Å². The molecule has 2 rings (SSSR count). The van der Waals surface area contributed by atoms with E-state index in [-0.39, 0.29) is 11.7 Å². The third-order valence-corrected chi connectivity index (χ3v) is 4.36. The van der Waals surface area contributed by atoms with E-state index in [0.717, 1.165) is 19.3 Å². The highest BCUT2D eigenvalue weighted by molar-refractivity contribution is 5.64. The van der Waals surface area contributed by atoms with E-state index in [4.69, 9.17) is 5.26 Å². The van der Waals surface area contributed by atoms with E-state index in [1.807, 2.05) is 6.07 Å². The van der Waals surface area contributed by atoms with Gasteiger partial charge in [0.15, 0.2) is 0 Å². The number of benzene rings is 1. The predicted octanol–water partition coefficient (Wildman–Crippen LogP) is 4.09. The van der Waals surface area contributed by atoms with Gasteiger partial charge in [0.05, 0.1) is 16.6 Å². The molecule has 0 aromatic heterocycles. The molecule has 0 saturated heterocycles. The van der Waals surface area contributed by atoms with Gasteiger partial charge in [-0.1, -0.05) is 20.8 Å². The van der Waals surface area contributed by atoms with Crippen molar-refractivity contribution in [3.63, 3.8) is 0 Å². The van der Waals surface area contributed by atoms with Crippen LogP contribution in [-0.2, 0) is 0 Å². The largest absolute Gasteiger partial charge is 0.376 e. The van der Waals surface area contributed by atoms with Crippen molar-refractivity contribution in [1.82, 2.24) is 0 Å². The zero-order valence-corrected chi connectivity index (χ0v) is 12.7. The van der Waals surface area contributed by atoms with Crippen LogP contribution in [0.15, 0.2) is 18.2 Å². The summed E-state index contributed by atoms with van der Waals surface area (Å²) in [5, 5.41) is 23.4. The number of anilines is 1. The van der Waals surface area contributed by atoms with Gasteiger partial charge in [-0.05, 0) is 42.7 Å². The zero-order chi connectivity index (χ0) is 15.6. The van der Waals surface area contributed by atoms with E-state index in [2.05, 4.69) is 26.1 Å². The summed E-state index contributed by atoms with van der Waals surface area (Å²) in [5.74, 6) is 0.462. The maximum absolute atomic E-state index is 11.2. The number of nitrogens with one attached hydrogen (secondary N) is 1. The van der Waals surface area contributed by atoms with Crippen LogP contribution in [0.25, 0.3) is 0 Å². The molecule has 1 fully saturated rings. The number of nitro benzene ring substituents is 1. The summed E-state index contributed by atoms with van der Waals surface area (Å²) in [7, 11) is 0. The van der Waals surface area contributed by atoms with E-state index in [0.29, 0.717) is 22.6 Å². The molecule has 0 aliphatic heterocycles. The highest BCUT2D eigenvalue weighted by atomic mass is 16.6. The summed E-state index contributed by atoms with van der Waals surface area (Å²) < 4.78 is 0. The molecule has 0 spiro atoms. The molecule has 5 nitrogen and oxygen atoms in total. The van der Waals surface area contributed by atoms with E-state index < -0.39 is 4.92 Å². The van der Waals surface area contributed by atoms with Crippen molar-refractivity contribution in [2.75, 3.05) is 5.32 Å². The van der Waals surface area contributed by atoms with Gasteiger partial charge in [-0.3, -0.25) is 10.1 Å². The maximum Gasteiger partial charge on any atom is 0.293 e. The molecular formula is C16H21N3O2. The fourth-order valence-corrected chi connectivity index (χ4v) is 3.24. The minimum Gasteiger partial charge on any atom is -0.376 e. The van der Waals surface area contributed by atoms with Gasteiger partial charge in [-0.25, -0.2) is 0 Å². The second kappa shape index (κ2) is 5.72. The van der Waals surface area contributed by atoms with Gasteiger partial charge in [0.25, 0.3) is 5.69 Å². The van der Waals surface area contributed by atoms with E-state index in [1.165, 1.54) is 6.07 Å². The number of nitro groups is 1. The zero-order valence-electron chi connectivity index (χ0n) is 12.7. The first-order valence-electron chi connectivity index (χ1n) is 7.27. The quantitative estimate of drug-likeness (QED) is 0.670. The summed E-state index contributed by atoms with van der Waals surface area (Å²) in [6, 6.07) is 6.77. The Hall–Kier alpha value is -2.09. The number of rotatable bonds is 3. The van der Waals surface area contributed by atoms with Crippen LogP contribution < -0.4 is 5.32 Å². The van der Waals surface area contributed by atoms with Gasteiger partial charge in [0.2, 0.25) is 0 Å². The van der Waals surface area contributed by atoms with Crippen LogP contribution in [0.5, 0.6) is 0 Å². The minimum absolute atomic E-state index is 0.0221. The lowest BCUT2D eigenvalue weighted by molar-refractivity contribution is -0.384. The fraction of sp³-hybridized carbons (Fsp3) is 0.562. The molecule has 21 heavy (non-hydrogen) atoms. The Morgan fingerprint density at radius 1 is 1.48 bits per heavy atom. The van der Waals surface area contributed by atoms with Crippen molar-refractivity contribution in [2.24, 2.45) is 11.3 Å². The van der Waals surface area contributed by atoms with E-state index >= 15 is 0 Å². The molecule has 5 heteroatoms. The van der Waals surface area contributed by atoms with Gasteiger partial charge >= 0.3 is 0 Å². The first-order valence-corrected chi connectivity index (χ1v) is 7.27. The molecule has 0 amide bonds. The maximum atomic E-state index is 11.2. The van der Waals surface area contributed by atoms with Crippen LogP contribution in [0, 0.1) is 32.8 Å². The van der Waals surface area contributed by atoms with Crippen LogP contribution in [0.1, 0.15) is 45.6 Å². The molecule has 0 heterocycles. The van der Waals surface area contributed by atoms with E-state index in [1.54, 1.807) is 12.1 Å². The third kappa shape index (κ3) is 3.52. The first kappa shape index (κ1) is 15.3. The van der Waals surface area contributed by atoms with Crippen LogP contribution in [0.2, 0.25) is 0 Å². The fourth-order valence-electron chi connectivity index (χ4n) is 3.24. The highest BCUT2D eigenvalue weighted by Gasteiger charge is 2.33. The van der Waals surface area contributed by atoms with Crippen LogP contribution in [0.3, 0.4) is 0 Å². The van der Waals surface area contributed by atoms with Gasteiger partial charge in [0.1, 0.15) is 5.69 Å². The molecule has 2 atom stereocenters. The van der Waals surface area contributed by atoms with Crippen LogP contribution in [-0.4, -0.2) is 11.0 Å². The standard InChI is InChI=1S/C16H21N3O2/c1-11-9-16(2,3)7-6-13(11)18-14-5-4-12(10-17)8-15(14)19(20)21/h4-5,8,11,13,18H,6-7,9H2,1-3H3. The molecule has 2 unspecified atom stereocenters. The lowest BCUT2D eigenvalue weighted by Crippen LogP contribution is -2.37. The lowest BCUT2D eigenvalue weighted by atomic mass is 9.70. The molecule has 112 valence electrons. The molecule has 1 saturated carbocycles. The monoisotopic (exact) mass is 287 g/mol. The molecule has 0 radical (unpaired) electrons. The molecule has 0 bridgehead atoms. The number of nitrogens with zero attached hydrogens (tertiary/aromatic N) is 2. The van der Waals surface area contributed by atoms with E-state index in [9.17, 15) is 10.1 Å². The topological polar surface area (TPSA) is 79.0 Å². The molecule has 1 aliphatic carbocycles. The Labute approximate surface area is 125 Å². The van der Waals surface area contributed by atoms with Crippen LogP contribution in [0.4, 0.5) is 11.4 Å². The number of hydrogen-bond acceptors (Lipinski definition) is 4. The third-order valence-electron chi connectivity index (χ3n) is 4.36. The minimum atomic E-state index is -0.430. The average molecular weight is 287 g/mol. The Bertz CT molecular complexity index is 590. The summed E-state index contributed by atoms with van der Waals surface area (Å²) in [6.07, 6.45) is 3.22. The smallest absolute Gasteiger partial charge is 0.293 e. The van der Waals surface area contributed by atoms with Crippen molar-refractivity contribution in [3.05, 3.63) is 33.9 Å². The summed E-state index contributed by atoms with van der Waals surface area (Å²) >= 11 is 0. The molecular weight excluding hydrogens is 266 g/mol. The summed E-state index contributed by atoms with van der Waals surface area (Å²) in [5.41, 5.74) is 1.14.